The van der Waals surface area contributed by atoms with E-state index in [0.29, 0.717) is 5.92 Å². The molecule has 32 heavy (non-hydrogen) atoms. The summed E-state index contributed by atoms with van der Waals surface area (Å²) in [6, 6.07) is 2.01. The van der Waals surface area contributed by atoms with E-state index in [2.05, 4.69) is 28.8 Å². The first-order valence-electron chi connectivity index (χ1n) is 10.5. The number of nitrogens with one attached hydrogen (secondary N) is 1. The number of anilines is 1. The smallest absolute Gasteiger partial charge is 0.189 e. The first kappa shape index (κ1) is 26.2. The molecule has 0 aliphatic carbocycles. The van der Waals surface area contributed by atoms with Crippen molar-refractivity contribution < 1.29 is 10.2 Å². The van der Waals surface area contributed by atoms with Crippen LogP contribution in [0.3, 0.4) is 0 Å². The van der Waals surface area contributed by atoms with Gasteiger partial charge in [0.2, 0.25) is 0 Å². The van der Waals surface area contributed by atoms with Gasteiger partial charge >= 0.3 is 0 Å². The Balaban J connectivity index is 0.000000654. The molecule has 0 aromatic carbocycles. The lowest BCUT2D eigenvalue weighted by Crippen LogP contribution is -2.15. The van der Waals surface area contributed by atoms with Gasteiger partial charge in [0.25, 0.3) is 0 Å². The number of rotatable bonds is 8. The van der Waals surface area contributed by atoms with Crippen LogP contribution in [0.4, 0.5) is 5.82 Å². The molecule has 0 amide bonds. The molecule has 0 aliphatic rings. The van der Waals surface area contributed by atoms with Gasteiger partial charge in [0, 0.05) is 12.7 Å². The van der Waals surface area contributed by atoms with E-state index in [-0.39, 0.29) is 0 Å². The standard InChI is InChI=1S/C20H25N5S2.C3H8O2/c1-6-14(7-2)8-10-22-18-16(12(3)23-20(25-18)26-5)19-24-17-13(4)21-11-9-15(17)27-19;1-3(2,4)5/h6,9,11,14H,1,7-8,10H2,2-5H3,(H,22,23,25);4-5H,1-2H3. The minimum Gasteiger partial charge on any atom is -0.369 e. The molecule has 3 N–H and O–H groups in total. The fourth-order valence-electron chi connectivity index (χ4n) is 2.98. The Labute approximate surface area is 198 Å². The summed E-state index contributed by atoms with van der Waals surface area (Å²) in [5.74, 6) is -0.129. The van der Waals surface area contributed by atoms with Gasteiger partial charge in [-0.2, -0.15) is 0 Å². The van der Waals surface area contributed by atoms with Gasteiger partial charge in [-0.3, -0.25) is 4.98 Å². The molecule has 0 fully saturated rings. The molecule has 0 radical (unpaired) electrons. The number of aromatic nitrogens is 4. The van der Waals surface area contributed by atoms with Crippen LogP contribution in [-0.4, -0.2) is 48.7 Å². The van der Waals surface area contributed by atoms with Gasteiger partial charge in [-0.25, -0.2) is 15.0 Å². The van der Waals surface area contributed by atoms with Crippen LogP contribution in [0.15, 0.2) is 30.1 Å². The number of aliphatic hydroxyl groups is 2. The van der Waals surface area contributed by atoms with Crippen LogP contribution >= 0.6 is 23.1 Å². The number of nitrogens with zero attached hydrogens (tertiary/aromatic N) is 4. The third-order valence-corrected chi connectivity index (χ3v) is 6.21. The highest BCUT2D eigenvalue weighted by Crippen LogP contribution is 2.36. The Kier molecular flexibility index (Phi) is 9.57. The normalized spacial score (nSPS) is 12.2. The van der Waals surface area contributed by atoms with Crippen LogP contribution in [0.2, 0.25) is 0 Å². The summed E-state index contributed by atoms with van der Waals surface area (Å²) in [4.78, 5) is 18.6. The van der Waals surface area contributed by atoms with Crippen molar-refractivity contribution in [2.45, 2.75) is 58.4 Å². The maximum atomic E-state index is 8.08. The van der Waals surface area contributed by atoms with Crippen molar-refractivity contribution in [3.8, 4) is 10.6 Å². The highest BCUT2D eigenvalue weighted by atomic mass is 32.2. The fourth-order valence-corrected chi connectivity index (χ4v) is 4.50. The molecule has 3 heterocycles. The number of hydrogen-bond donors (Lipinski definition) is 3. The SMILES string of the molecule is C=CC(CC)CCNc1nc(SC)nc(C)c1-c1nc2c(C)nccc2s1.CC(C)(O)O. The van der Waals surface area contributed by atoms with Crippen LogP contribution in [0.1, 0.15) is 45.0 Å². The predicted octanol–water partition coefficient (Wildman–Crippen LogP) is 5.21. The van der Waals surface area contributed by atoms with Crippen molar-refractivity contribution in [1.82, 2.24) is 19.9 Å². The Morgan fingerprint density at radius 3 is 2.47 bits per heavy atom. The van der Waals surface area contributed by atoms with Crippen molar-refractivity contribution in [3.63, 3.8) is 0 Å². The molecule has 0 bridgehead atoms. The monoisotopic (exact) mass is 475 g/mol. The lowest BCUT2D eigenvalue weighted by atomic mass is 10.0. The molecular formula is C23H33N5O2S2. The lowest BCUT2D eigenvalue weighted by molar-refractivity contribution is -0.127. The van der Waals surface area contributed by atoms with Gasteiger partial charge < -0.3 is 15.5 Å². The highest BCUT2D eigenvalue weighted by Gasteiger charge is 2.18. The zero-order valence-corrected chi connectivity index (χ0v) is 21.3. The average molecular weight is 476 g/mol. The molecule has 3 aromatic rings. The van der Waals surface area contributed by atoms with Crippen molar-refractivity contribution in [1.29, 1.82) is 0 Å². The second kappa shape index (κ2) is 11.7. The largest absolute Gasteiger partial charge is 0.369 e. The van der Waals surface area contributed by atoms with Crippen LogP contribution in [-0.2, 0) is 0 Å². The number of pyridine rings is 1. The predicted molar refractivity (Wildman–Crippen MR) is 135 cm³/mol. The summed E-state index contributed by atoms with van der Waals surface area (Å²) in [6.45, 7) is 13.6. The van der Waals surface area contributed by atoms with Crippen molar-refractivity contribution >= 4 is 39.1 Å². The van der Waals surface area contributed by atoms with Crippen LogP contribution in [0.5, 0.6) is 0 Å². The first-order chi connectivity index (χ1) is 15.1. The molecule has 0 saturated carbocycles. The van der Waals surface area contributed by atoms with E-state index >= 15 is 0 Å². The summed E-state index contributed by atoms with van der Waals surface area (Å²) < 4.78 is 1.13. The van der Waals surface area contributed by atoms with E-state index in [1.807, 2.05) is 38.4 Å². The second-order valence-electron chi connectivity index (χ2n) is 7.90. The third kappa shape index (κ3) is 7.51. The summed E-state index contributed by atoms with van der Waals surface area (Å²) in [5.41, 5.74) is 3.83. The van der Waals surface area contributed by atoms with Crippen molar-refractivity contribution in [3.05, 3.63) is 36.3 Å². The first-order valence-corrected chi connectivity index (χ1v) is 12.6. The van der Waals surface area contributed by atoms with Crippen LogP contribution < -0.4 is 5.32 Å². The highest BCUT2D eigenvalue weighted by molar-refractivity contribution is 7.98. The Morgan fingerprint density at radius 2 is 1.91 bits per heavy atom. The Hall–Kier alpha value is -2.07. The minimum atomic E-state index is -1.50. The van der Waals surface area contributed by atoms with Gasteiger partial charge in [-0.05, 0) is 58.8 Å². The molecule has 174 valence electrons. The molecule has 7 nitrogen and oxygen atoms in total. The summed E-state index contributed by atoms with van der Waals surface area (Å²) in [5, 5.41) is 21.4. The quantitative estimate of drug-likeness (QED) is 0.177. The number of allylic oxidation sites excluding steroid dienone is 1. The Morgan fingerprint density at radius 1 is 1.22 bits per heavy atom. The third-order valence-electron chi connectivity index (χ3n) is 4.62. The van der Waals surface area contributed by atoms with Crippen LogP contribution in [0.25, 0.3) is 20.8 Å². The minimum absolute atomic E-state index is 0.514. The molecule has 1 atom stereocenters. The molecule has 0 aliphatic heterocycles. The summed E-state index contributed by atoms with van der Waals surface area (Å²) in [6.07, 6.45) is 7.99. The molecule has 1 unspecified atom stereocenters. The van der Waals surface area contributed by atoms with Crippen molar-refractivity contribution in [2.24, 2.45) is 5.92 Å². The second-order valence-corrected chi connectivity index (χ2v) is 9.70. The topological polar surface area (TPSA) is 104 Å². The molecule has 0 spiro atoms. The van der Waals surface area contributed by atoms with E-state index in [1.165, 1.54) is 13.8 Å². The summed E-state index contributed by atoms with van der Waals surface area (Å²) >= 11 is 3.21. The molecule has 3 rings (SSSR count). The molecular weight excluding hydrogens is 442 g/mol. The molecule has 0 saturated heterocycles. The van der Waals surface area contributed by atoms with Gasteiger partial charge in [0.15, 0.2) is 10.9 Å². The molecule has 3 aromatic heterocycles. The lowest BCUT2D eigenvalue weighted by Gasteiger charge is -2.14. The van der Waals surface area contributed by atoms with E-state index < -0.39 is 5.79 Å². The maximum absolute atomic E-state index is 8.08. The van der Waals surface area contributed by atoms with Gasteiger partial charge in [-0.1, -0.05) is 24.8 Å². The summed E-state index contributed by atoms with van der Waals surface area (Å²) in [7, 11) is 0. The number of aryl methyl sites for hydroxylation is 2. The van der Waals surface area contributed by atoms with Crippen LogP contribution in [0, 0.1) is 19.8 Å². The van der Waals surface area contributed by atoms with Gasteiger partial charge in [-0.15, -0.1) is 17.9 Å². The zero-order valence-electron chi connectivity index (χ0n) is 19.6. The number of hydrogen-bond acceptors (Lipinski definition) is 9. The average Bonchev–Trinajstić information content (AvgIpc) is 3.14. The van der Waals surface area contributed by atoms with E-state index in [9.17, 15) is 0 Å². The van der Waals surface area contributed by atoms with Gasteiger partial charge in [0.05, 0.1) is 21.7 Å². The Bertz CT molecular complexity index is 1040. The number of fused-ring (bicyclic) bond motifs is 1. The van der Waals surface area contributed by atoms with Gasteiger partial charge in [0.1, 0.15) is 16.3 Å². The fraction of sp³-hybridized carbons (Fsp3) is 0.478. The number of thiazole rings is 1. The van der Waals surface area contributed by atoms with E-state index in [4.69, 9.17) is 20.2 Å². The maximum Gasteiger partial charge on any atom is 0.189 e. The molecule has 9 heteroatoms. The number of thioether (sulfide) groups is 1. The van der Waals surface area contributed by atoms with Crippen molar-refractivity contribution in [2.75, 3.05) is 18.1 Å². The zero-order chi connectivity index (χ0) is 23.9. The van der Waals surface area contributed by atoms with E-state index in [0.717, 1.165) is 62.5 Å². The van der Waals surface area contributed by atoms with E-state index in [1.54, 1.807) is 23.1 Å².